The summed E-state index contributed by atoms with van der Waals surface area (Å²) in [5.74, 6) is 0.741. The molecule has 5 aromatic rings. The minimum Gasteiger partial charge on any atom is -0.462 e. The number of imidazole rings is 1. The lowest BCUT2D eigenvalue weighted by molar-refractivity contribution is -0.149. The normalized spacial score (nSPS) is 15.1. The molecule has 0 aliphatic rings. The van der Waals surface area contributed by atoms with Gasteiger partial charge in [0.2, 0.25) is 0 Å². The molecule has 0 amide bonds. The second-order valence-corrected chi connectivity index (χ2v) is 14.2. The van der Waals surface area contributed by atoms with E-state index in [9.17, 15) is 9.36 Å². The topological polar surface area (TPSA) is 140 Å². The molecule has 12 heteroatoms. The summed E-state index contributed by atoms with van der Waals surface area (Å²) < 4.78 is 41.0. The van der Waals surface area contributed by atoms with Crippen molar-refractivity contribution in [1.82, 2.24) is 19.6 Å². The van der Waals surface area contributed by atoms with Gasteiger partial charge in [0, 0.05) is 17.4 Å². The second kappa shape index (κ2) is 15.0. The second-order valence-electron chi connectivity index (χ2n) is 12.5. The van der Waals surface area contributed by atoms with E-state index in [1.165, 1.54) is 0 Å². The number of carbonyl (C=O) groups excluding carboxylic acids is 1. The first-order valence-corrected chi connectivity index (χ1v) is 18.1. The van der Waals surface area contributed by atoms with Gasteiger partial charge in [-0.15, -0.1) is 0 Å². The molecule has 2 heterocycles. The minimum absolute atomic E-state index is 0.0604. The number of esters is 1. The molecule has 0 radical (unpaired) electrons. The molecule has 3 aromatic carbocycles. The number of para-hydroxylation sites is 1. The van der Waals surface area contributed by atoms with Crippen molar-refractivity contribution in [3.63, 3.8) is 0 Å². The summed E-state index contributed by atoms with van der Waals surface area (Å²) in [4.78, 5) is 22.5. The van der Waals surface area contributed by atoms with Gasteiger partial charge in [-0.1, -0.05) is 74.4 Å². The molecule has 0 spiro atoms. The van der Waals surface area contributed by atoms with E-state index >= 15 is 0 Å². The van der Waals surface area contributed by atoms with Crippen LogP contribution in [-0.2, 0) is 35.5 Å². The number of unbranched alkanes of at least 4 members (excludes halogenated alkanes) is 1. The molecule has 11 nitrogen and oxygen atoms in total. The van der Waals surface area contributed by atoms with Gasteiger partial charge in [0.15, 0.2) is 5.82 Å². The number of hydrogen-bond acceptors (Lipinski definition) is 9. The summed E-state index contributed by atoms with van der Waals surface area (Å²) in [5.41, 5.74) is 7.76. The van der Waals surface area contributed by atoms with E-state index < -0.39 is 25.3 Å². The van der Waals surface area contributed by atoms with Crippen LogP contribution >= 0.6 is 7.75 Å². The van der Waals surface area contributed by atoms with Gasteiger partial charge < -0.3 is 24.3 Å². The Balaban J connectivity index is 1.62. The van der Waals surface area contributed by atoms with Crippen LogP contribution in [0.15, 0.2) is 66.7 Å². The van der Waals surface area contributed by atoms with Gasteiger partial charge in [0.25, 0.3) is 0 Å². The van der Waals surface area contributed by atoms with Gasteiger partial charge in [0.1, 0.15) is 29.7 Å². The zero-order valence-electron chi connectivity index (χ0n) is 28.6. The number of hydrogen-bond donors (Lipinski definition) is 2. The summed E-state index contributed by atoms with van der Waals surface area (Å²) in [6, 6.07) is 19.9. The number of nitrogen functional groups attached to an aromatic ring is 1. The van der Waals surface area contributed by atoms with Crippen LogP contribution in [0, 0.1) is 0 Å². The Morgan fingerprint density at radius 1 is 1.00 bits per heavy atom. The number of fused-ring (bicyclic) bond motifs is 4. The Kier molecular flexibility index (Phi) is 11.1. The first-order chi connectivity index (χ1) is 23.0. The summed E-state index contributed by atoms with van der Waals surface area (Å²) in [5, 5.41) is 5.40. The molecule has 5 rings (SSSR count). The van der Waals surface area contributed by atoms with Gasteiger partial charge in [-0.05, 0) is 58.6 Å². The highest BCUT2D eigenvalue weighted by atomic mass is 31.2. The molecule has 3 N–H and O–H groups in total. The first kappa shape index (κ1) is 35.3. The Morgan fingerprint density at radius 2 is 1.71 bits per heavy atom. The molecule has 256 valence electrons. The van der Waals surface area contributed by atoms with Crippen molar-refractivity contribution < 1.29 is 27.9 Å². The van der Waals surface area contributed by atoms with E-state index in [2.05, 4.69) is 21.6 Å². The largest absolute Gasteiger partial charge is 0.462 e. The van der Waals surface area contributed by atoms with E-state index in [0.29, 0.717) is 35.9 Å². The van der Waals surface area contributed by atoms with Crippen molar-refractivity contribution in [3.8, 4) is 5.75 Å². The van der Waals surface area contributed by atoms with Gasteiger partial charge in [0.05, 0.1) is 29.3 Å². The molecular formula is C36H46N5O6P. The number of benzene rings is 3. The highest BCUT2D eigenvalue weighted by Crippen LogP contribution is 2.49. The highest BCUT2D eigenvalue weighted by Gasteiger charge is 2.39. The van der Waals surface area contributed by atoms with Crippen LogP contribution in [0.5, 0.6) is 5.75 Å². The number of pyridine rings is 1. The third-order valence-electron chi connectivity index (χ3n) is 8.20. The van der Waals surface area contributed by atoms with E-state index in [0.717, 1.165) is 40.0 Å². The maximum Gasteiger partial charge on any atom is 0.459 e. The fraction of sp³-hybridized carbons (Fsp3) is 0.417. The van der Waals surface area contributed by atoms with Gasteiger partial charge in [-0.3, -0.25) is 9.32 Å². The minimum atomic E-state index is -4.24. The third-order valence-corrected chi connectivity index (χ3v) is 9.81. The SMILES string of the molecule is CCCCC(C)(CO[P@@](=O)(N[C@@H](C)C(=O)OC(C)C)Oc1cccc2ccccc12)n1c(COCC)nc2c(N)nc3ccccc3c21. The molecular weight excluding hydrogens is 629 g/mol. The molecule has 0 fully saturated rings. The molecule has 0 aliphatic carbocycles. The lowest BCUT2D eigenvalue weighted by atomic mass is 9.94. The summed E-state index contributed by atoms with van der Waals surface area (Å²) in [7, 11) is -4.24. The van der Waals surface area contributed by atoms with E-state index in [1.54, 1.807) is 26.8 Å². The van der Waals surface area contributed by atoms with Crippen LogP contribution in [0.25, 0.3) is 32.7 Å². The summed E-state index contributed by atoms with van der Waals surface area (Å²) >= 11 is 0. The van der Waals surface area contributed by atoms with Crippen molar-refractivity contribution in [2.75, 3.05) is 18.9 Å². The number of carbonyl (C=O) groups is 1. The molecule has 3 atom stereocenters. The Morgan fingerprint density at radius 3 is 2.44 bits per heavy atom. The summed E-state index contributed by atoms with van der Waals surface area (Å²) in [6.07, 6.45) is 2.04. The predicted octanol–water partition coefficient (Wildman–Crippen LogP) is 7.90. The smallest absolute Gasteiger partial charge is 0.459 e. The van der Waals surface area contributed by atoms with E-state index in [1.807, 2.05) is 74.5 Å². The lowest BCUT2D eigenvalue weighted by Gasteiger charge is -2.35. The van der Waals surface area contributed by atoms with Crippen molar-refractivity contribution in [3.05, 3.63) is 72.6 Å². The molecule has 1 unspecified atom stereocenters. The first-order valence-electron chi connectivity index (χ1n) is 16.5. The van der Waals surface area contributed by atoms with E-state index in [4.69, 9.17) is 29.2 Å². The van der Waals surface area contributed by atoms with Crippen LogP contribution in [0.4, 0.5) is 5.82 Å². The molecule has 0 bridgehead atoms. The zero-order valence-corrected chi connectivity index (χ0v) is 29.5. The fourth-order valence-electron chi connectivity index (χ4n) is 5.87. The van der Waals surface area contributed by atoms with Crippen molar-refractivity contribution in [2.24, 2.45) is 0 Å². The van der Waals surface area contributed by atoms with E-state index in [-0.39, 0.29) is 19.3 Å². The number of nitrogens with one attached hydrogen (secondary N) is 1. The van der Waals surface area contributed by atoms with Gasteiger partial charge in [-0.25, -0.2) is 14.5 Å². The highest BCUT2D eigenvalue weighted by molar-refractivity contribution is 7.52. The van der Waals surface area contributed by atoms with Gasteiger partial charge >= 0.3 is 13.7 Å². The quantitative estimate of drug-likeness (QED) is 0.0784. The summed E-state index contributed by atoms with van der Waals surface area (Å²) in [6.45, 7) is 11.8. The van der Waals surface area contributed by atoms with Crippen LogP contribution in [0.1, 0.15) is 66.6 Å². The van der Waals surface area contributed by atoms with Crippen LogP contribution < -0.4 is 15.3 Å². The van der Waals surface area contributed by atoms with Crippen LogP contribution in [0.3, 0.4) is 0 Å². The Bertz CT molecular complexity index is 1940. The monoisotopic (exact) mass is 675 g/mol. The number of ether oxygens (including phenoxy) is 2. The Labute approximate surface area is 281 Å². The van der Waals surface area contributed by atoms with Crippen molar-refractivity contribution in [2.45, 2.75) is 85.1 Å². The van der Waals surface area contributed by atoms with Crippen LogP contribution in [0.2, 0.25) is 0 Å². The zero-order chi connectivity index (χ0) is 34.5. The average Bonchev–Trinajstić information content (AvgIpc) is 3.47. The molecule has 0 saturated heterocycles. The third kappa shape index (κ3) is 7.65. The number of anilines is 1. The Hall–Kier alpha value is -4.02. The maximum atomic E-state index is 14.9. The fourth-order valence-corrected chi connectivity index (χ4v) is 7.49. The van der Waals surface area contributed by atoms with Crippen molar-refractivity contribution >= 4 is 52.2 Å². The van der Waals surface area contributed by atoms with Crippen LogP contribution in [-0.4, -0.2) is 45.9 Å². The molecule has 0 saturated carbocycles. The van der Waals surface area contributed by atoms with Crippen molar-refractivity contribution in [1.29, 1.82) is 0 Å². The molecule has 48 heavy (non-hydrogen) atoms. The number of nitrogens with two attached hydrogens (primary N) is 1. The average molecular weight is 676 g/mol. The number of rotatable bonds is 16. The standard InChI is InChI=1S/C36H46N5O6P/c1-7-9-21-36(6,41-31(22-44-8-2)39-32-33(41)28-18-12-13-19-29(28)38-34(32)37)23-45-48(43,40-25(5)35(42)46-24(3)4)47-30-20-14-16-26-15-10-11-17-27(26)30/h10-20,24-25H,7-9,21-23H2,1-6H3,(H2,37,38)(H,40,43)/t25-,36?,48-/m0/s1. The number of nitrogens with zero attached hydrogens (tertiary/aromatic N) is 3. The number of aromatic nitrogens is 3. The lowest BCUT2D eigenvalue weighted by Crippen LogP contribution is -2.40. The predicted molar refractivity (Wildman–Crippen MR) is 190 cm³/mol. The van der Waals surface area contributed by atoms with Gasteiger partial charge in [-0.2, -0.15) is 5.09 Å². The molecule has 0 aliphatic heterocycles. The molecule has 2 aromatic heterocycles. The maximum absolute atomic E-state index is 14.9.